The van der Waals surface area contributed by atoms with Gasteiger partial charge in [-0.1, -0.05) is 24.3 Å². The Morgan fingerprint density at radius 2 is 1.96 bits per heavy atom. The van der Waals surface area contributed by atoms with Gasteiger partial charge in [-0.05, 0) is 30.2 Å². The second-order valence-electron chi connectivity index (χ2n) is 6.07. The highest BCUT2D eigenvalue weighted by Crippen LogP contribution is 2.32. The van der Waals surface area contributed by atoms with E-state index < -0.39 is 4.92 Å². The number of carbonyl (C=O) groups excluding carboxylic acids is 1. The first-order valence-corrected chi connectivity index (χ1v) is 7.97. The van der Waals surface area contributed by atoms with E-state index in [4.69, 9.17) is 0 Å². The Bertz CT molecular complexity index is 825. The maximum Gasteiger partial charge on any atom is 0.292 e. The van der Waals surface area contributed by atoms with Crippen LogP contribution in [0.2, 0.25) is 0 Å². The van der Waals surface area contributed by atoms with Crippen molar-refractivity contribution in [2.45, 2.75) is 13.5 Å². The third-order valence-corrected chi connectivity index (χ3v) is 4.31. The molecule has 7 heteroatoms. The number of nitro groups is 1. The molecular formula is C18H18FN3O3. The highest BCUT2D eigenvalue weighted by atomic mass is 19.1. The van der Waals surface area contributed by atoms with E-state index in [2.05, 4.69) is 0 Å². The molecular weight excluding hydrogens is 325 g/mol. The lowest BCUT2D eigenvalue weighted by atomic mass is 10.1. The number of amides is 1. The van der Waals surface area contributed by atoms with Gasteiger partial charge in [0.2, 0.25) is 5.91 Å². The number of piperazine rings is 1. The Morgan fingerprint density at radius 1 is 1.20 bits per heavy atom. The van der Waals surface area contributed by atoms with Crippen molar-refractivity contribution in [3.8, 4) is 0 Å². The molecule has 0 aliphatic carbocycles. The number of benzene rings is 2. The van der Waals surface area contributed by atoms with Gasteiger partial charge in [0.15, 0.2) is 0 Å². The van der Waals surface area contributed by atoms with E-state index >= 15 is 0 Å². The number of hydrogen-bond acceptors (Lipinski definition) is 4. The van der Waals surface area contributed by atoms with Crippen molar-refractivity contribution >= 4 is 17.3 Å². The largest absolute Gasteiger partial charge is 0.355 e. The number of halogens is 1. The summed E-state index contributed by atoms with van der Waals surface area (Å²) in [6.07, 6.45) is 0. The maximum atomic E-state index is 13.3. The van der Waals surface area contributed by atoms with Crippen molar-refractivity contribution in [3.63, 3.8) is 0 Å². The summed E-state index contributed by atoms with van der Waals surface area (Å²) in [6, 6.07) is 11.0. The Balaban J connectivity index is 1.76. The lowest BCUT2D eigenvalue weighted by Gasteiger charge is -2.36. The molecule has 25 heavy (non-hydrogen) atoms. The lowest BCUT2D eigenvalue weighted by Crippen LogP contribution is -2.50. The molecule has 0 aromatic heterocycles. The zero-order valence-electron chi connectivity index (χ0n) is 13.8. The van der Waals surface area contributed by atoms with E-state index in [0.29, 0.717) is 25.3 Å². The highest BCUT2D eigenvalue weighted by Gasteiger charge is 2.29. The molecule has 0 N–H and O–H groups in total. The molecule has 1 fully saturated rings. The number of nitrogens with zero attached hydrogens (tertiary/aromatic N) is 3. The second-order valence-corrected chi connectivity index (χ2v) is 6.07. The van der Waals surface area contributed by atoms with E-state index in [9.17, 15) is 19.3 Å². The number of hydrogen-bond donors (Lipinski definition) is 0. The fourth-order valence-electron chi connectivity index (χ4n) is 3.12. The summed E-state index contributed by atoms with van der Waals surface area (Å²) >= 11 is 0. The van der Waals surface area contributed by atoms with Crippen molar-refractivity contribution in [2.75, 3.05) is 24.5 Å². The van der Waals surface area contributed by atoms with Crippen molar-refractivity contribution in [3.05, 3.63) is 69.5 Å². The fraction of sp³-hybridized carbons (Fsp3) is 0.278. The van der Waals surface area contributed by atoms with Crippen LogP contribution in [-0.4, -0.2) is 35.4 Å². The summed E-state index contributed by atoms with van der Waals surface area (Å²) < 4.78 is 13.3. The smallest absolute Gasteiger partial charge is 0.292 e. The summed E-state index contributed by atoms with van der Waals surface area (Å²) in [5.74, 6) is -0.466. The van der Waals surface area contributed by atoms with Crippen LogP contribution < -0.4 is 4.90 Å². The van der Waals surface area contributed by atoms with Gasteiger partial charge in [-0.25, -0.2) is 4.39 Å². The Kier molecular flexibility index (Phi) is 4.65. The van der Waals surface area contributed by atoms with Crippen LogP contribution in [0.15, 0.2) is 42.5 Å². The summed E-state index contributed by atoms with van der Waals surface area (Å²) in [6.45, 7) is 3.13. The first-order chi connectivity index (χ1) is 12.0. The molecule has 0 atom stereocenters. The molecule has 1 heterocycles. The molecule has 2 aromatic carbocycles. The van der Waals surface area contributed by atoms with Gasteiger partial charge in [0.25, 0.3) is 5.69 Å². The molecule has 2 aromatic rings. The maximum absolute atomic E-state index is 13.3. The summed E-state index contributed by atoms with van der Waals surface area (Å²) in [4.78, 5) is 26.7. The van der Waals surface area contributed by atoms with Crippen LogP contribution in [0.5, 0.6) is 0 Å². The number of aryl methyl sites for hydroxylation is 1. The van der Waals surface area contributed by atoms with E-state index in [1.165, 1.54) is 18.2 Å². The molecule has 1 saturated heterocycles. The van der Waals surface area contributed by atoms with E-state index in [-0.39, 0.29) is 24.0 Å². The number of rotatable bonds is 4. The SMILES string of the molecule is Cc1cccc([N+](=O)[O-])c1N1CCN(Cc2cccc(F)c2)C(=O)C1. The van der Waals surface area contributed by atoms with Crippen LogP contribution in [0, 0.1) is 22.9 Å². The van der Waals surface area contributed by atoms with E-state index in [1.807, 2.05) is 0 Å². The first kappa shape index (κ1) is 16.9. The van der Waals surface area contributed by atoms with Gasteiger partial charge in [0.1, 0.15) is 11.5 Å². The molecule has 0 saturated carbocycles. The van der Waals surface area contributed by atoms with Gasteiger partial charge < -0.3 is 9.80 Å². The first-order valence-electron chi connectivity index (χ1n) is 7.97. The van der Waals surface area contributed by atoms with E-state index in [1.54, 1.807) is 41.0 Å². The van der Waals surface area contributed by atoms with Gasteiger partial charge in [-0.2, -0.15) is 0 Å². The van der Waals surface area contributed by atoms with Crippen molar-refractivity contribution in [1.29, 1.82) is 0 Å². The van der Waals surface area contributed by atoms with Crippen LogP contribution in [0.1, 0.15) is 11.1 Å². The average molecular weight is 343 g/mol. The minimum atomic E-state index is -0.425. The van der Waals surface area contributed by atoms with Gasteiger partial charge in [-0.3, -0.25) is 14.9 Å². The van der Waals surface area contributed by atoms with Crippen LogP contribution in [0.25, 0.3) is 0 Å². The Morgan fingerprint density at radius 3 is 2.64 bits per heavy atom. The van der Waals surface area contributed by atoms with Crippen LogP contribution in [-0.2, 0) is 11.3 Å². The molecule has 0 unspecified atom stereocenters. The number of nitro benzene ring substituents is 1. The fourth-order valence-corrected chi connectivity index (χ4v) is 3.12. The molecule has 6 nitrogen and oxygen atoms in total. The normalized spacial score (nSPS) is 14.7. The molecule has 1 aliphatic heterocycles. The third kappa shape index (κ3) is 3.60. The van der Waals surface area contributed by atoms with Crippen LogP contribution in [0.3, 0.4) is 0 Å². The molecule has 1 amide bonds. The van der Waals surface area contributed by atoms with Gasteiger partial charge in [-0.15, -0.1) is 0 Å². The predicted molar refractivity (Wildman–Crippen MR) is 91.9 cm³/mol. The number of para-hydroxylation sites is 1. The van der Waals surface area contributed by atoms with E-state index in [0.717, 1.165) is 11.1 Å². The van der Waals surface area contributed by atoms with Gasteiger partial charge in [0.05, 0.1) is 11.5 Å². The summed E-state index contributed by atoms with van der Waals surface area (Å²) in [7, 11) is 0. The summed E-state index contributed by atoms with van der Waals surface area (Å²) in [5.41, 5.74) is 1.99. The third-order valence-electron chi connectivity index (χ3n) is 4.31. The van der Waals surface area contributed by atoms with Crippen LogP contribution >= 0.6 is 0 Å². The molecule has 0 bridgehead atoms. The molecule has 3 rings (SSSR count). The Hall–Kier alpha value is -2.96. The molecule has 0 spiro atoms. The predicted octanol–water partition coefficient (Wildman–Crippen LogP) is 2.89. The standard InChI is InChI=1S/C18H18FN3O3/c1-13-4-2-7-16(22(24)25)18(13)21-9-8-20(17(23)12-21)11-14-5-3-6-15(19)10-14/h2-7,10H,8-9,11-12H2,1H3. The van der Waals surface area contributed by atoms with Crippen LogP contribution in [0.4, 0.5) is 15.8 Å². The quantitative estimate of drug-likeness (QED) is 0.632. The number of anilines is 1. The van der Waals surface area contributed by atoms with Gasteiger partial charge in [0, 0.05) is 25.7 Å². The van der Waals surface area contributed by atoms with Crippen molar-refractivity contribution in [2.24, 2.45) is 0 Å². The second kappa shape index (κ2) is 6.88. The van der Waals surface area contributed by atoms with Crippen molar-refractivity contribution < 1.29 is 14.1 Å². The average Bonchev–Trinajstić information content (AvgIpc) is 2.56. The molecule has 1 aliphatic rings. The monoisotopic (exact) mass is 343 g/mol. The lowest BCUT2D eigenvalue weighted by molar-refractivity contribution is -0.384. The minimum absolute atomic E-state index is 0.00591. The zero-order chi connectivity index (χ0) is 18.0. The number of carbonyl (C=O) groups is 1. The molecule has 0 radical (unpaired) electrons. The topological polar surface area (TPSA) is 66.7 Å². The molecule has 130 valence electrons. The highest BCUT2D eigenvalue weighted by molar-refractivity contribution is 5.84. The summed E-state index contributed by atoms with van der Waals surface area (Å²) in [5, 5.41) is 11.3. The zero-order valence-corrected chi connectivity index (χ0v) is 13.8. The Labute approximate surface area is 144 Å². The van der Waals surface area contributed by atoms with Gasteiger partial charge >= 0.3 is 0 Å². The van der Waals surface area contributed by atoms with Crippen molar-refractivity contribution in [1.82, 2.24) is 4.90 Å². The minimum Gasteiger partial charge on any atom is -0.355 e.